The topological polar surface area (TPSA) is 57.8 Å². The number of rotatable bonds is 3. The van der Waals surface area contributed by atoms with Gasteiger partial charge in [-0.15, -0.1) is 0 Å². The number of carbonyl (C=O) groups excluding carboxylic acids is 1. The molecule has 0 aliphatic heterocycles. The summed E-state index contributed by atoms with van der Waals surface area (Å²) in [7, 11) is 0. The summed E-state index contributed by atoms with van der Waals surface area (Å²) in [6, 6.07) is 14.7. The van der Waals surface area contributed by atoms with E-state index in [4.69, 9.17) is 0 Å². The summed E-state index contributed by atoms with van der Waals surface area (Å²) in [6.45, 7) is 0. The van der Waals surface area contributed by atoms with Crippen LogP contribution in [0.3, 0.4) is 0 Å². The maximum absolute atomic E-state index is 13.1. The van der Waals surface area contributed by atoms with Crippen LogP contribution in [0.1, 0.15) is 10.4 Å². The lowest BCUT2D eigenvalue weighted by Crippen LogP contribution is -2.11. The number of anilines is 1. The molecule has 0 aliphatic rings. The molecule has 0 fully saturated rings. The van der Waals surface area contributed by atoms with Crippen molar-refractivity contribution in [3.05, 3.63) is 72.2 Å². The summed E-state index contributed by atoms with van der Waals surface area (Å²) in [5.41, 5.74) is 2.80. The van der Waals surface area contributed by atoms with Crippen molar-refractivity contribution in [3.63, 3.8) is 0 Å². The number of amides is 1. The van der Waals surface area contributed by atoms with E-state index in [1.165, 1.54) is 18.2 Å². The summed E-state index contributed by atoms with van der Waals surface area (Å²) in [5, 5.41) is 9.48. The van der Waals surface area contributed by atoms with E-state index in [9.17, 15) is 9.18 Å². The van der Waals surface area contributed by atoms with Gasteiger partial charge in [0.2, 0.25) is 0 Å². The number of carbonyl (C=O) groups is 1. The molecule has 104 valence electrons. The maximum Gasteiger partial charge on any atom is 0.255 e. The first-order valence-electron chi connectivity index (χ1n) is 6.39. The molecule has 0 atom stereocenters. The van der Waals surface area contributed by atoms with Crippen molar-refractivity contribution >= 4 is 11.6 Å². The fourth-order valence-corrected chi connectivity index (χ4v) is 1.98. The molecule has 0 bridgehead atoms. The predicted molar refractivity (Wildman–Crippen MR) is 78.4 cm³/mol. The number of hydrogen-bond acceptors (Lipinski definition) is 2. The molecule has 3 aromatic rings. The minimum Gasteiger partial charge on any atom is -0.322 e. The average Bonchev–Trinajstić information content (AvgIpc) is 3.02. The Hall–Kier alpha value is -2.95. The van der Waals surface area contributed by atoms with E-state index in [0.717, 1.165) is 11.3 Å². The molecule has 0 aliphatic carbocycles. The molecule has 0 radical (unpaired) electrons. The van der Waals surface area contributed by atoms with Gasteiger partial charge in [-0.25, -0.2) is 4.39 Å². The average molecular weight is 281 g/mol. The predicted octanol–water partition coefficient (Wildman–Crippen LogP) is 3.47. The molecule has 1 heterocycles. The van der Waals surface area contributed by atoms with Gasteiger partial charge in [0.05, 0.1) is 5.69 Å². The highest BCUT2D eigenvalue weighted by Crippen LogP contribution is 2.19. The fourth-order valence-electron chi connectivity index (χ4n) is 1.98. The standard InChI is InChI=1S/C16H12FN3O/c17-13-3-1-2-12(10-13)16(21)19-14-6-4-11(5-7-14)15-8-9-18-20-15/h1-10H,(H,18,20)(H,19,21). The van der Waals surface area contributed by atoms with E-state index in [2.05, 4.69) is 15.5 Å². The Labute approximate surface area is 120 Å². The highest BCUT2D eigenvalue weighted by molar-refractivity contribution is 6.04. The van der Waals surface area contributed by atoms with Crippen LogP contribution in [0.2, 0.25) is 0 Å². The third-order valence-electron chi connectivity index (χ3n) is 3.04. The van der Waals surface area contributed by atoms with Crippen LogP contribution in [0.5, 0.6) is 0 Å². The molecule has 0 saturated carbocycles. The lowest BCUT2D eigenvalue weighted by atomic mass is 10.1. The molecule has 5 heteroatoms. The minimum absolute atomic E-state index is 0.285. The van der Waals surface area contributed by atoms with Gasteiger partial charge in [0.15, 0.2) is 0 Å². The SMILES string of the molecule is O=C(Nc1ccc(-c2ccn[nH]2)cc1)c1cccc(F)c1. The van der Waals surface area contributed by atoms with Crippen LogP contribution >= 0.6 is 0 Å². The van der Waals surface area contributed by atoms with Crippen LogP contribution in [0.15, 0.2) is 60.8 Å². The van der Waals surface area contributed by atoms with Crippen molar-refractivity contribution in [2.45, 2.75) is 0 Å². The van der Waals surface area contributed by atoms with Crippen molar-refractivity contribution < 1.29 is 9.18 Å². The number of aromatic nitrogens is 2. The highest BCUT2D eigenvalue weighted by atomic mass is 19.1. The van der Waals surface area contributed by atoms with Crippen LogP contribution < -0.4 is 5.32 Å². The molecule has 4 nitrogen and oxygen atoms in total. The number of halogens is 1. The summed E-state index contributed by atoms with van der Waals surface area (Å²) < 4.78 is 13.1. The first kappa shape index (κ1) is 13.1. The van der Waals surface area contributed by atoms with E-state index in [-0.39, 0.29) is 11.5 Å². The van der Waals surface area contributed by atoms with Gasteiger partial charge in [-0.3, -0.25) is 9.89 Å². The quantitative estimate of drug-likeness (QED) is 0.772. The van der Waals surface area contributed by atoms with E-state index in [0.29, 0.717) is 5.69 Å². The van der Waals surface area contributed by atoms with Crippen molar-refractivity contribution in [2.24, 2.45) is 0 Å². The Morgan fingerprint density at radius 2 is 1.90 bits per heavy atom. The third kappa shape index (κ3) is 2.97. The zero-order chi connectivity index (χ0) is 14.7. The summed E-state index contributed by atoms with van der Waals surface area (Å²) in [4.78, 5) is 12.0. The lowest BCUT2D eigenvalue weighted by molar-refractivity contribution is 0.102. The number of aromatic amines is 1. The largest absolute Gasteiger partial charge is 0.322 e. The van der Waals surface area contributed by atoms with Gasteiger partial charge >= 0.3 is 0 Å². The van der Waals surface area contributed by atoms with Gasteiger partial charge in [-0.2, -0.15) is 5.10 Å². The molecular weight excluding hydrogens is 269 g/mol. The zero-order valence-electron chi connectivity index (χ0n) is 11.0. The van der Waals surface area contributed by atoms with Gasteiger partial charge in [0.1, 0.15) is 5.82 Å². The van der Waals surface area contributed by atoms with E-state index >= 15 is 0 Å². The molecule has 1 amide bonds. The Kier molecular flexibility index (Phi) is 3.47. The second kappa shape index (κ2) is 5.58. The molecule has 0 unspecified atom stereocenters. The maximum atomic E-state index is 13.1. The molecule has 1 aromatic heterocycles. The Morgan fingerprint density at radius 3 is 2.57 bits per heavy atom. The van der Waals surface area contributed by atoms with Gasteiger partial charge < -0.3 is 5.32 Å². The summed E-state index contributed by atoms with van der Waals surface area (Å²) >= 11 is 0. The van der Waals surface area contributed by atoms with Crippen LogP contribution in [0, 0.1) is 5.82 Å². The van der Waals surface area contributed by atoms with Crippen molar-refractivity contribution in [1.82, 2.24) is 10.2 Å². The first-order valence-corrected chi connectivity index (χ1v) is 6.39. The van der Waals surface area contributed by atoms with Gasteiger partial charge in [-0.05, 0) is 42.0 Å². The normalized spacial score (nSPS) is 10.3. The number of nitrogens with zero attached hydrogens (tertiary/aromatic N) is 1. The van der Waals surface area contributed by atoms with Gasteiger partial charge in [-0.1, -0.05) is 18.2 Å². The van der Waals surface area contributed by atoms with E-state index in [1.807, 2.05) is 18.2 Å². The van der Waals surface area contributed by atoms with E-state index < -0.39 is 5.82 Å². The molecule has 0 saturated heterocycles. The molecule has 21 heavy (non-hydrogen) atoms. The van der Waals surface area contributed by atoms with Gasteiger partial charge in [0.25, 0.3) is 5.91 Å². The second-order valence-corrected chi connectivity index (χ2v) is 4.51. The molecule has 2 N–H and O–H groups in total. The Balaban J connectivity index is 1.75. The van der Waals surface area contributed by atoms with Crippen molar-refractivity contribution in [1.29, 1.82) is 0 Å². The fraction of sp³-hybridized carbons (Fsp3) is 0. The van der Waals surface area contributed by atoms with Crippen LogP contribution in [0.4, 0.5) is 10.1 Å². The highest BCUT2D eigenvalue weighted by Gasteiger charge is 2.07. The van der Waals surface area contributed by atoms with Crippen LogP contribution in [0.25, 0.3) is 11.3 Å². The number of H-pyrrole nitrogens is 1. The molecule has 3 rings (SSSR count). The summed E-state index contributed by atoms with van der Waals surface area (Å²) in [6.07, 6.45) is 1.68. The monoisotopic (exact) mass is 281 g/mol. The van der Waals surface area contributed by atoms with Crippen LogP contribution in [-0.4, -0.2) is 16.1 Å². The number of hydrogen-bond donors (Lipinski definition) is 2. The minimum atomic E-state index is -0.433. The third-order valence-corrected chi connectivity index (χ3v) is 3.04. The Bertz CT molecular complexity index is 751. The zero-order valence-corrected chi connectivity index (χ0v) is 11.0. The summed E-state index contributed by atoms with van der Waals surface area (Å²) in [5.74, 6) is -0.777. The first-order chi connectivity index (χ1) is 10.2. The number of benzene rings is 2. The van der Waals surface area contributed by atoms with Gasteiger partial charge in [0, 0.05) is 17.4 Å². The van der Waals surface area contributed by atoms with Crippen molar-refractivity contribution in [3.8, 4) is 11.3 Å². The van der Waals surface area contributed by atoms with Crippen LogP contribution in [-0.2, 0) is 0 Å². The van der Waals surface area contributed by atoms with E-state index in [1.54, 1.807) is 24.4 Å². The molecular formula is C16H12FN3O. The number of nitrogens with one attached hydrogen (secondary N) is 2. The molecule has 2 aromatic carbocycles. The van der Waals surface area contributed by atoms with Crippen molar-refractivity contribution in [2.75, 3.05) is 5.32 Å². The lowest BCUT2D eigenvalue weighted by Gasteiger charge is -2.06. The molecule has 0 spiro atoms. The Morgan fingerprint density at radius 1 is 1.10 bits per heavy atom. The second-order valence-electron chi connectivity index (χ2n) is 4.51. The smallest absolute Gasteiger partial charge is 0.255 e.